The lowest BCUT2D eigenvalue weighted by molar-refractivity contribution is -0.138. The third kappa shape index (κ3) is 3.17. The molecule has 30 heavy (non-hydrogen) atoms. The smallest absolute Gasteiger partial charge is 0.410 e. The maximum Gasteiger partial charge on any atom is 0.417 e. The van der Waals surface area contributed by atoms with E-state index in [9.17, 15) is 9.59 Å². The Kier molecular flexibility index (Phi) is 4.76. The van der Waals surface area contributed by atoms with Gasteiger partial charge in [-0.3, -0.25) is 10.1 Å². The van der Waals surface area contributed by atoms with Gasteiger partial charge in [0.25, 0.3) is 0 Å². The van der Waals surface area contributed by atoms with Crippen LogP contribution in [0.3, 0.4) is 0 Å². The van der Waals surface area contributed by atoms with E-state index < -0.39 is 6.09 Å². The summed E-state index contributed by atoms with van der Waals surface area (Å²) in [5.41, 5.74) is 3.47. The lowest BCUT2D eigenvalue weighted by Crippen LogP contribution is -2.61. The van der Waals surface area contributed by atoms with E-state index >= 15 is 0 Å². The average molecular weight is 405 g/mol. The Morgan fingerprint density at radius 1 is 1.10 bits per heavy atom. The minimum absolute atomic E-state index is 0.109. The predicted molar refractivity (Wildman–Crippen MR) is 116 cm³/mol. The Morgan fingerprint density at radius 2 is 1.93 bits per heavy atom. The minimum atomic E-state index is -0.473. The van der Waals surface area contributed by atoms with Crippen LogP contribution in [-0.2, 0) is 16.6 Å². The first-order chi connectivity index (χ1) is 14.6. The van der Waals surface area contributed by atoms with E-state index in [2.05, 4.69) is 22.3 Å². The molecule has 2 aromatic rings. The Labute approximate surface area is 177 Å². The van der Waals surface area contributed by atoms with Gasteiger partial charge in [-0.15, -0.1) is 0 Å². The van der Waals surface area contributed by atoms with Gasteiger partial charge in [-0.05, 0) is 67.0 Å². The van der Waals surface area contributed by atoms with Crippen molar-refractivity contribution in [3.63, 3.8) is 0 Å². The highest BCUT2D eigenvalue weighted by Gasteiger charge is 2.54. The van der Waals surface area contributed by atoms with Crippen LogP contribution in [0.15, 0.2) is 48.5 Å². The second kappa shape index (κ2) is 7.46. The molecule has 2 aliphatic carbocycles. The average Bonchev–Trinajstić information content (AvgIpc) is 2.74. The number of carbonyl (C=O) groups is 2. The summed E-state index contributed by atoms with van der Waals surface area (Å²) in [5, 5.41) is 2.78. The first kappa shape index (κ1) is 19.2. The van der Waals surface area contributed by atoms with Gasteiger partial charge in [0.15, 0.2) is 0 Å². The highest BCUT2D eigenvalue weighted by molar-refractivity contribution is 5.86. The molecular formula is C25H28N2O3. The minimum Gasteiger partial charge on any atom is -0.410 e. The highest BCUT2D eigenvalue weighted by atomic mass is 16.6. The molecule has 1 saturated heterocycles. The zero-order chi connectivity index (χ0) is 20.7. The summed E-state index contributed by atoms with van der Waals surface area (Å²) in [6, 6.07) is 15.7. The van der Waals surface area contributed by atoms with Crippen LogP contribution in [0.1, 0.15) is 50.2 Å². The SMILES string of the molecule is CC(=O)N1CC[C@]23CCCC[C@H]2[C@H]1Cc1ccc(OC(=O)Nc2ccccc2)cc13. The van der Waals surface area contributed by atoms with E-state index in [-0.39, 0.29) is 11.3 Å². The molecule has 2 aromatic carbocycles. The number of benzene rings is 2. The number of hydrogen-bond donors (Lipinski definition) is 1. The van der Waals surface area contributed by atoms with Crippen molar-refractivity contribution in [1.82, 2.24) is 4.90 Å². The molecule has 2 amide bonds. The van der Waals surface area contributed by atoms with E-state index in [1.807, 2.05) is 36.4 Å². The van der Waals surface area contributed by atoms with Crippen LogP contribution in [0.2, 0.25) is 0 Å². The molecule has 1 saturated carbocycles. The molecule has 0 unspecified atom stereocenters. The van der Waals surface area contributed by atoms with Crippen LogP contribution >= 0.6 is 0 Å². The predicted octanol–water partition coefficient (Wildman–Crippen LogP) is 4.90. The van der Waals surface area contributed by atoms with Gasteiger partial charge < -0.3 is 9.64 Å². The number of nitrogens with zero attached hydrogens (tertiary/aromatic N) is 1. The van der Waals surface area contributed by atoms with Gasteiger partial charge in [0.05, 0.1) is 0 Å². The van der Waals surface area contributed by atoms with Crippen LogP contribution < -0.4 is 10.1 Å². The first-order valence-corrected chi connectivity index (χ1v) is 11.0. The second-order valence-electron chi connectivity index (χ2n) is 8.94. The Bertz CT molecular complexity index is 974. The fraction of sp³-hybridized carbons (Fsp3) is 0.440. The number of carbonyl (C=O) groups excluding carboxylic acids is 2. The number of anilines is 1. The molecule has 1 N–H and O–H groups in total. The van der Waals surface area contributed by atoms with Gasteiger partial charge in [0.2, 0.25) is 5.91 Å². The van der Waals surface area contributed by atoms with Crippen LogP contribution in [-0.4, -0.2) is 29.5 Å². The van der Waals surface area contributed by atoms with Gasteiger partial charge in [-0.2, -0.15) is 0 Å². The Morgan fingerprint density at radius 3 is 2.73 bits per heavy atom. The van der Waals surface area contributed by atoms with Crippen molar-refractivity contribution in [1.29, 1.82) is 0 Å². The summed E-state index contributed by atoms with van der Waals surface area (Å²) in [4.78, 5) is 26.8. The third-order valence-electron chi connectivity index (χ3n) is 7.44. The van der Waals surface area contributed by atoms with Gasteiger partial charge >= 0.3 is 6.09 Å². The van der Waals surface area contributed by atoms with Crippen LogP contribution in [0, 0.1) is 5.92 Å². The van der Waals surface area contributed by atoms with Crippen molar-refractivity contribution in [2.24, 2.45) is 5.92 Å². The molecule has 2 bridgehead atoms. The maximum atomic E-state index is 12.4. The number of rotatable bonds is 2. The molecule has 1 aliphatic heterocycles. The van der Waals surface area contributed by atoms with Crippen molar-refractivity contribution in [2.75, 3.05) is 11.9 Å². The van der Waals surface area contributed by atoms with Gasteiger partial charge in [0.1, 0.15) is 5.75 Å². The number of fused-ring (bicyclic) bond motifs is 1. The van der Waals surface area contributed by atoms with E-state index in [0.29, 0.717) is 23.4 Å². The number of piperidine rings is 1. The number of hydrogen-bond acceptors (Lipinski definition) is 3. The lowest BCUT2D eigenvalue weighted by atomic mass is 9.52. The van der Waals surface area contributed by atoms with E-state index in [4.69, 9.17) is 4.74 Å². The van der Waals surface area contributed by atoms with Gasteiger partial charge in [-0.1, -0.05) is 37.1 Å². The Hall–Kier alpha value is -2.82. The zero-order valence-electron chi connectivity index (χ0n) is 17.4. The van der Waals surface area contributed by atoms with E-state index in [1.54, 1.807) is 6.92 Å². The second-order valence-corrected chi connectivity index (χ2v) is 8.94. The monoisotopic (exact) mass is 404 g/mol. The summed E-state index contributed by atoms with van der Waals surface area (Å²) in [5.74, 6) is 1.29. The molecule has 2 fully saturated rings. The van der Waals surface area contributed by atoms with Crippen molar-refractivity contribution >= 4 is 17.7 Å². The number of amides is 2. The first-order valence-electron chi connectivity index (χ1n) is 11.0. The molecular weight excluding hydrogens is 376 g/mol. The van der Waals surface area contributed by atoms with E-state index in [0.717, 1.165) is 25.8 Å². The largest absolute Gasteiger partial charge is 0.417 e. The van der Waals surface area contributed by atoms with Crippen molar-refractivity contribution in [3.05, 3.63) is 59.7 Å². The molecule has 5 nitrogen and oxygen atoms in total. The standard InChI is InChI=1S/C25H28N2O3/c1-17(28)27-14-13-25-12-6-5-9-21(25)23(27)15-18-10-11-20(16-22(18)25)30-24(29)26-19-7-3-2-4-8-19/h2-4,7-8,10-11,16,21,23H,5-6,9,12-15H2,1H3,(H,26,29)/t21-,23+,25+/m0/s1. The lowest BCUT2D eigenvalue weighted by Gasteiger charge is -2.59. The van der Waals surface area contributed by atoms with Crippen LogP contribution in [0.4, 0.5) is 10.5 Å². The maximum absolute atomic E-state index is 12.4. The quantitative estimate of drug-likeness (QED) is 0.774. The summed E-state index contributed by atoms with van der Waals surface area (Å²) >= 11 is 0. The molecule has 1 heterocycles. The van der Waals surface area contributed by atoms with Crippen molar-refractivity contribution < 1.29 is 14.3 Å². The number of ether oxygens (including phenoxy) is 1. The molecule has 0 spiro atoms. The van der Waals surface area contributed by atoms with Crippen molar-refractivity contribution in [2.45, 2.75) is 56.9 Å². The van der Waals surface area contributed by atoms with Crippen LogP contribution in [0.5, 0.6) is 5.75 Å². The fourth-order valence-corrected chi connectivity index (χ4v) is 6.21. The summed E-state index contributed by atoms with van der Waals surface area (Å²) in [6.07, 6.45) is 6.22. The van der Waals surface area contributed by atoms with Gasteiger partial charge in [0, 0.05) is 30.6 Å². The Balaban J connectivity index is 1.44. The molecule has 0 radical (unpaired) electrons. The number of nitrogens with one attached hydrogen (secondary N) is 1. The topological polar surface area (TPSA) is 58.6 Å². The summed E-state index contributed by atoms with van der Waals surface area (Å²) in [7, 11) is 0. The molecule has 156 valence electrons. The molecule has 3 aliphatic rings. The van der Waals surface area contributed by atoms with Crippen LogP contribution in [0.25, 0.3) is 0 Å². The molecule has 0 aromatic heterocycles. The summed E-state index contributed by atoms with van der Waals surface area (Å²) in [6.45, 7) is 2.53. The summed E-state index contributed by atoms with van der Waals surface area (Å²) < 4.78 is 5.64. The fourth-order valence-electron chi connectivity index (χ4n) is 6.21. The normalized spacial score (nSPS) is 26.9. The number of para-hydroxylation sites is 1. The zero-order valence-corrected chi connectivity index (χ0v) is 17.4. The third-order valence-corrected chi connectivity index (χ3v) is 7.44. The van der Waals surface area contributed by atoms with Gasteiger partial charge in [-0.25, -0.2) is 4.79 Å². The molecule has 3 atom stereocenters. The number of likely N-dealkylation sites (tertiary alicyclic amines) is 1. The highest BCUT2D eigenvalue weighted by Crippen LogP contribution is 2.56. The van der Waals surface area contributed by atoms with E-state index in [1.165, 1.54) is 30.4 Å². The van der Waals surface area contributed by atoms with Crippen molar-refractivity contribution in [3.8, 4) is 5.75 Å². The molecule has 5 heteroatoms. The molecule has 5 rings (SSSR count).